The van der Waals surface area contributed by atoms with Crippen LogP contribution in [0.1, 0.15) is 25.0 Å². The van der Waals surface area contributed by atoms with E-state index < -0.39 is 0 Å². The van der Waals surface area contributed by atoms with Crippen LogP contribution in [-0.4, -0.2) is 14.5 Å². The molecule has 4 nitrogen and oxygen atoms in total. The fraction of sp³-hybridized carbons (Fsp3) is 0.0545. The molecule has 12 rings (SSSR count). The zero-order valence-electron chi connectivity index (χ0n) is 32.6. The molecule has 59 heavy (non-hydrogen) atoms. The predicted molar refractivity (Wildman–Crippen MR) is 243 cm³/mol. The summed E-state index contributed by atoms with van der Waals surface area (Å²) in [6.07, 6.45) is 0. The monoisotopic (exact) mass is 755 g/mol. The number of fused-ring (bicyclic) bond motifs is 9. The molecular weight excluding hydrogens is 719 g/mol. The summed E-state index contributed by atoms with van der Waals surface area (Å²) < 4.78 is 8.71. The highest BCUT2D eigenvalue weighted by Crippen LogP contribution is 2.52. The molecular formula is C55H37N3O. The molecule has 0 atom stereocenters. The third kappa shape index (κ3) is 5.23. The summed E-state index contributed by atoms with van der Waals surface area (Å²) in [5, 5.41) is 4.76. The lowest BCUT2D eigenvalue weighted by Crippen LogP contribution is -2.15. The first-order valence-corrected chi connectivity index (χ1v) is 20.2. The van der Waals surface area contributed by atoms with Gasteiger partial charge in [0.2, 0.25) is 0 Å². The molecule has 0 saturated carbocycles. The zero-order chi connectivity index (χ0) is 39.2. The summed E-state index contributed by atoms with van der Waals surface area (Å²) in [7, 11) is 0. The van der Waals surface area contributed by atoms with E-state index in [4.69, 9.17) is 14.4 Å². The average molecular weight is 756 g/mol. The molecule has 0 saturated heterocycles. The van der Waals surface area contributed by atoms with E-state index in [9.17, 15) is 0 Å². The molecule has 0 N–H and O–H groups in total. The molecule has 0 unspecified atom stereocenters. The first kappa shape index (κ1) is 33.6. The van der Waals surface area contributed by atoms with Crippen molar-refractivity contribution in [3.05, 3.63) is 199 Å². The molecule has 11 aromatic rings. The summed E-state index contributed by atoms with van der Waals surface area (Å²) in [5.74, 6) is 0.693. The maximum absolute atomic E-state index is 6.34. The molecule has 0 radical (unpaired) electrons. The summed E-state index contributed by atoms with van der Waals surface area (Å²) in [5.41, 5.74) is 17.6. The van der Waals surface area contributed by atoms with Crippen LogP contribution in [0.4, 0.5) is 0 Å². The smallest absolute Gasteiger partial charge is 0.160 e. The minimum Gasteiger partial charge on any atom is -0.456 e. The van der Waals surface area contributed by atoms with Crippen molar-refractivity contribution in [3.8, 4) is 61.8 Å². The Labute approximate surface area is 341 Å². The molecule has 0 aliphatic heterocycles. The number of hydrogen-bond donors (Lipinski definition) is 0. The molecule has 1 aliphatic rings. The van der Waals surface area contributed by atoms with Crippen LogP contribution in [0.15, 0.2) is 192 Å². The van der Waals surface area contributed by atoms with Gasteiger partial charge in [0.15, 0.2) is 5.82 Å². The lowest BCUT2D eigenvalue weighted by Gasteiger charge is -2.22. The second-order valence-corrected chi connectivity index (χ2v) is 16.2. The van der Waals surface area contributed by atoms with E-state index in [2.05, 4.69) is 188 Å². The number of para-hydroxylation sites is 2. The zero-order valence-corrected chi connectivity index (χ0v) is 32.6. The van der Waals surface area contributed by atoms with E-state index in [0.29, 0.717) is 5.82 Å². The van der Waals surface area contributed by atoms with Gasteiger partial charge in [0, 0.05) is 49.3 Å². The van der Waals surface area contributed by atoms with Gasteiger partial charge in [-0.1, -0.05) is 141 Å². The van der Waals surface area contributed by atoms with Crippen LogP contribution >= 0.6 is 0 Å². The van der Waals surface area contributed by atoms with Gasteiger partial charge in [-0.15, -0.1) is 0 Å². The number of furan rings is 1. The fourth-order valence-corrected chi connectivity index (χ4v) is 9.44. The van der Waals surface area contributed by atoms with E-state index >= 15 is 0 Å². The van der Waals surface area contributed by atoms with E-state index in [1.54, 1.807) is 0 Å². The Bertz CT molecular complexity index is 3410. The summed E-state index contributed by atoms with van der Waals surface area (Å²) in [6, 6.07) is 67.0. The van der Waals surface area contributed by atoms with Crippen LogP contribution in [0.5, 0.6) is 0 Å². The molecule has 0 fully saturated rings. The maximum Gasteiger partial charge on any atom is 0.160 e. The molecule has 278 valence electrons. The van der Waals surface area contributed by atoms with E-state index in [1.165, 1.54) is 49.5 Å². The Hall–Kier alpha value is -7.56. The van der Waals surface area contributed by atoms with Gasteiger partial charge >= 0.3 is 0 Å². The molecule has 8 aromatic carbocycles. The summed E-state index contributed by atoms with van der Waals surface area (Å²) >= 11 is 0. The van der Waals surface area contributed by atoms with Gasteiger partial charge in [-0.2, -0.15) is 0 Å². The average Bonchev–Trinajstić information content (AvgIpc) is 3.90. The minimum atomic E-state index is -0.175. The molecule has 3 heterocycles. The van der Waals surface area contributed by atoms with E-state index in [1.807, 2.05) is 18.2 Å². The lowest BCUT2D eigenvalue weighted by atomic mass is 9.81. The van der Waals surface area contributed by atoms with E-state index in [0.717, 1.165) is 61.4 Å². The fourth-order valence-electron chi connectivity index (χ4n) is 9.44. The van der Waals surface area contributed by atoms with Crippen LogP contribution in [0, 0.1) is 0 Å². The number of hydrogen-bond acceptors (Lipinski definition) is 3. The Morgan fingerprint density at radius 2 is 1.03 bits per heavy atom. The quantitative estimate of drug-likeness (QED) is 0.176. The third-order valence-corrected chi connectivity index (χ3v) is 12.4. The molecule has 0 bridgehead atoms. The van der Waals surface area contributed by atoms with Crippen LogP contribution in [0.3, 0.4) is 0 Å². The normalized spacial score (nSPS) is 13.1. The van der Waals surface area contributed by atoms with Crippen molar-refractivity contribution < 1.29 is 4.42 Å². The number of rotatable bonds is 5. The maximum atomic E-state index is 6.34. The topological polar surface area (TPSA) is 43.9 Å². The van der Waals surface area contributed by atoms with Gasteiger partial charge in [0.1, 0.15) is 11.2 Å². The highest BCUT2D eigenvalue weighted by molar-refractivity contribution is 6.11. The molecule has 1 aliphatic carbocycles. The number of aromatic nitrogens is 3. The van der Waals surface area contributed by atoms with E-state index in [-0.39, 0.29) is 5.41 Å². The van der Waals surface area contributed by atoms with Crippen molar-refractivity contribution in [3.63, 3.8) is 0 Å². The second kappa shape index (κ2) is 12.7. The van der Waals surface area contributed by atoms with Crippen LogP contribution in [0.2, 0.25) is 0 Å². The van der Waals surface area contributed by atoms with Crippen molar-refractivity contribution in [2.45, 2.75) is 19.3 Å². The van der Waals surface area contributed by atoms with Crippen LogP contribution in [-0.2, 0) is 5.41 Å². The highest BCUT2D eigenvalue weighted by atomic mass is 16.3. The number of benzene rings is 8. The Balaban J connectivity index is 0.966. The van der Waals surface area contributed by atoms with Crippen molar-refractivity contribution >= 4 is 43.7 Å². The second-order valence-electron chi connectivity index (χ2n) is 16.2. The van der Waals surface area contributed by atoms with Crippen molar-refractivity contribution in [2.24, 2.45) is 0 Å². The minimum absolute atomic E-state index is 0.175. The number of nitrogens with zero attached hydrogens (tertiary/aromatic N) is 3. The van der Waals surface area contributed by atoms with Gasteiger partial charge in [0.25, 0.3) is 0 Å². The van der Waals surface area contributed by atoms with Gasteiger partial charge in [-0.25, -0.2) is 9.97 Å². The molecule has 3 aromatic heterocycles. The Morgan fingerprint density at radius 3 is 1.81 bits per heavy atom. The van der Waals surface area contributed by atoms with Gasteiger partial charge < -0.3 is 8.98 Å². The molecule has 4 heteroatoms. The van der Waals surface area contributed by atoms with Gasteiger partial charge in [0.05, 0.1) is 22.4 Å². The van der Waals surface area contributed by atoms with Crippen molar-refractivity contribution in [1.29, 1.82) is 0 Å². The molecule has 0 amide bonds. The highest BCUT2D eigenvalue weighted by Gasteiger charge is 2.36. The first-order valence-electron chi connectivity index (χ1n) is 20.2. The van der Waals surface area contributed by atoms with Crippen LogP contribution < -0.4 is 0 Å². The van der Waals surface area contributed by atoms with Gasteiger partial charge in [-0.3, -0.25) is 0 Å². The SMILES string of the molecule is CC1(C)c2cc(-c3ccc4c(c3)c3ccccc3n4-c3cccc(-c4nc(-c5ccccc5)cc(-c5ccccc5)n4)c3)ccc2-c2cc3c(cc21)oc1ccccc13. The van der Waals surface area contributed by atoms with Crippen molar-refractivity contribution in [2.75, 3.05) is 0 Å². The standard InChI is InChI=1S/C55H37N3O/c1-55(2)46-30-37(24-26-40(46)43-31-45-42-21-10-12-23-52(42)59-53(45)32-47(43)55)36-25-27-51-44(29-36)41-20-9-11-22-50(41)58(51)39-19-13-18-38(28-39)54-56-48(34-14-5-3-6-15-34)33-49(57-54)35-16-7-4-8-17-35/h3-33H,1-2H3. The molecule has 0 spiro atoms. The van der Waals surface area contributed by atoms with Gasteiger partial charge in [-0.05, 0) is 94.0 Å². The Morgan fingerprint density at radius 1 is 0.407 bits per heavy atom. The lowest BCUT2D eigenvalue weighted by molar-refractivity contribution is 0.647. The van der Waals surface area contributed by atoms with Crippen molar-refractivity contribution in [1.82, 2.24) is 14.5 Å². The summed E-state index contributed by atoms with van der Waals surface area (Å²) in [4.78, 5) is 10.3. The Kier molecular flexibility index (Phi) is 7.24. The first-order chi connectivity index (χ1) is 29.0. The summed E-state index contributed by atoms with van der Waals surface area (Å²) in [6.45, 7) is 4.68. The largest absolute Gasteiger partial charge is 0.456 e. The predicted octanol–water partition coefficient (Wildman–Crippen LogP) is 14.4. The van der Waals surface area contributed by atoms with Crippen LogP contribution in [0.25, 0.3) is 106 Å². The third-order valence-electron chi connectivity index (χ3n) is 12.4.